The van der Waals surface area contributed by atoms with E-state index in [4.69, 9.17) is 0 Å². The third kappa shape index (κ3) is 3.01. The minimum atomic E-state index is -0.585. The molecular weight excluding hydrogens is 316 g/mol. The van der Waals surface area contributed by atoms with Crippen LogP contribution in [0.2, 0.25) is 0 Å². The van der Waals surface area contributed by atoms with Crippen molar-refractivity contribution in [2.45, 2.75) is 19.5 Å². The number of halogens is 3. The molecule has 0 aliphatic rings. The Bertz CT molecular complexity index is 583. The van der Waals surface area contributed by atoms with Crippen LogP contribution in [0.15, 0.2) is 29.0 Å². The van der Waals surface area contributed by atoms with E-state index in [-0.39, 0.29) is 22.6 Å². The van der Waals surface area contributed by atoms with E-state index in [1.807, 2.05) is 14.0 Å². The Morgan fingerprint density at radius 3 is 2.84 bits per heavy atom. The van der Waals surface area contributed by atoms with Gasteiger partial charge in [0.2, 0.25) is 0 Å². The second kappa shape index (κ2) is 5.79. The van der Waals surface area contributed by atoms with Gasteiger partial charge >= 0.3 is 0 Å². The van der Waals surface area contributed by atoms with Crippen LogP contribution in [-0.4, -0.2) is 16.8 Å². The summed E-state index contributed by atoms with van der Waals surface area (Å²) in [5.74, 6) is -1.15. The van der Waals surface area contributed by atoms with Gasteiger partial charge in [0.1, 0.15) is 11.6 Å². The summed E-state index contributed by atoms with van der Waals surface area (Å²) in [6.07, 6.45) is 3.47. The predicted octanol–water partition coefficient (Wildman–Crippen LogP) is 3.25. The molecule has 0 fully saturated rings. The number of hydrogen-bond acceptors (Lipinski definition) is 2. The first-order chi connectivity index (χ1) is 9.02. The number of benzene rings is 1. The summed E-state index contributed by atoms with van der Waals surface area (Å²) in [4.78, 5) is 0. The fourth-order valence-electron chi connectivity index (χ4n) is 1.73. The molecule has 0 saturated heterocycles. The van der Waals surface area contributed by atoms with Gasteiger partial charge in [-0.25, -0.2) is 8.78 Å². The van der Waals surface area contributed by atoms with Gasteiger partial charge in [-0.1, -0.05) is 0 Å². The van der Waals surface area contributed by atoms with Gasteiger partial charge in [0.25, 0.3) is 0 Å². The number of hydrogen-bond donors (Lipinski definition) is 1. The molecule has 0 spiro atoms. The summed E-state index contributed by atoms with van der Waals surface area (Å²) < 4.78 is 29.2. The van der Waals surface area contributed by atoms with Gasteiger partial charge in [-0.3, -0.25) is 4.68 Å². The lowest BCUT2D eigenvalue weighted by atomic mass is 10.2. The van der Waals surface area contributed by atoms with E-state index in [0.717, 1.165) is 5.56 Å². The average molecular weight is 330 g/mol. The van der Waals surface area contributed by atoms with Crippen molar-refractivity contribution in [3.63, 3.8) is 0 Å². The van der Waals surface area contributed by atoms with Crippen molar-refractivity contribution >= 4 is 15.9 Å². The summed E-state index contributed by atoms with van der Waals surface area (Å²) in [6, 6.07) is 2.74. The third-order valence-corrected chi connectivity index (χ3v) is 3.66. The number of aromatic nitrogens is 2. The monoisotopic (exact) mass is 329 g/mol. The first-order valence-corrected chi connectivity index (χ1v) is 6.64. The molecule has 1 atom stereocenters. The standard InChI is InChI=1S/C13H14BrF2N3/c1-8(17-2)9-5-18-19(6-9)7-10-12(15)4-3-11(14)13(10)16/h3-6,8,17H,7H2,1-2H3. The maximum atomic E-state index is 13.8. The Morgan fingerprint density at radius 1 is 1.42 bits per heavy atom. The van der Waals surface area contributed by atoms with Crippen molar-refractivity contribution in [1.29, 1.82) is 0 Å². The van der Waals surface area contributed by atoms with E-state index in [1.54, 1.807) is 12.4 Å². The highest BCUT2D eigenvalue weighted by Crippen LogP contribution is 2.22. The first kappa shape index (κ1) is 14.1. The largest absolute Gasteiger partial charge is 0.313 e. The minimum absolute atomic E-state index is 0.00105. The molecule has 2 aromatic rings. The number of rotatable bonds is 4. The zero-order valence-corrected chi connectivity index (χ0v) is 12.2. The Labute approximate surface area is 118 Å². The molecule has 0 aliphatic heterocycles. The van der Waals surface area contributed by atoms with Gasteiger partial charge < -0.3 is 5.32 Å². The van der Waals surface area contributed by atoms with Gasteiger partial charge in [-0.05, 0) is 42.0 Å². The maximum Gasteiger partial charge on any atom is 0.145 e. The molecule has 0 bridgehead atoms. The molecule has 1 aromatic carbocycles. The fraction of sp³-hybridized carbons (Fsp3) is 0.308. The van der Waals surface area contributed by atoms with Crippen LogP contribution >= 0.6 is 15.9 Å². The molecule has 6 heteroatoms. The normalized spacial score (nSPS) is 12.7. The average Bonchev–Trinajstić information content (AvgIpc) is 2.87. The minimum Gasteiger partial charge on any atom is -0.313 e. The lowest BCUT2D eigenvalue weighted by Gasteiger charge is -2.08. The summed E-state index contributed by atoms with van der Waals surface area (Å²) >= 11 is 3.05. The van der Waals surface area contributed by atoms with E-state index in [2.05, 4.69) is 26.3 Å². The zero-order chi connectivity index (χ0) is 14.0. The van der Waals surface area contributed by atoms with Crippen LogP contribution in [-0.2, 0) is 6.54 Å². The van der Waals surface area contributed by atoms with Crippen molar-refractivity contribution in [1.82, 2.24) is 15.1 Å². The highest BCUT2D eigenvalue weighted by atomic mass is 79.9. The van der Waals surface area contributed by atoms with E-state index >= 15 is 0 Å². The second-order valence-corrected chi connectivity index (χ2v) is 5.16. The van der Waals surface area contributed by atoms with Crippen LogP contribution in [0, 0.1) is 11.6 Å². The van der Waals surface area contributed by atoms with Crippen molar-refractivity contribution in [2.75, 3.05) is 7.05 Å². The van der Waals surface area contributed by atoms with Gasteiger partial charge in [0.05, 0.1) is 17.2 Å². The Hall–Kier alpha value is -1.27. The molecule has 2 rings (SSSR count). The van der Waals surface area contributed by atoms with Crippen LogP contribution < -0.4 is 5.32 Å². The van der Waals surface area contributed by atoms with Crippen LogP contribution in [0.1, 0.15) is 24.1 Å². The van der Waals surface area contributed by atoms with E-state index in [1.165, 1.54) is 16.8 Å². The topological polar surface area (TPSA) is 29.9 Å². The number of nitrogens with one attached hydrogen (secondary N) is 1. The highest BCUT2D eigenvalue weighted by Gasteiger charge is 2.14. The Morgan fingerprint density at radius 2 is 2.16 bits per heavy atom. The van der Waals surface area contributed by atoms with Gasteiger partial charge in [-0.2, -0.15) is 5.10 Å². The van der Waals surface area contributed by atoms with Crippen molar-refractivity contribution in [2.24, 2.45) is 0 Å². The molecule has 102 valence electrons. The van der Waals surface area contributed by atoms with Gasteiger partial charge in [0, 0.05) is 23.4 Å². The van der Waals surface area contributed by atoms with Gasteiger partial charge in [-0.15, -0.1) is 0 Å². The molecule has 1 N–H and O–H groups in total. The lowest BCUT2D eigenvalue weighted by Crippen LogP contribution is -2.11. The summed E-state index contributed by atoms with van der Waals surface area (Å²) in [6.45, 7) is 2.05. The van der Waals surface area contributed by atoms with Crippen LogP contribution in [0.5, 0.6) is 0 Å². The fourth-order valence-corrected chi connectivity index (χ4v) is 2.10. The van der Waals surface area contributed by atoms with Crippen LogP contribution in [0.25, 0.3) is 0 Å². The zero-order valence-electron chi connectivity index (χ0n) is 10.6. The molecule has 1 aromatic heterocycles. The molecule has 1 heterocycles. The van der Waals surface area contributed by atoms with Gasteiger partial charge in [0.15, 0.2) is 0 Å². The van der Waals surface area contributed by atoms with Crippen molar-refractivity contribution in [3.05, 3.63) is 51.8 Å². The Kier molecular flexibility index (Phi) is 4.31. The maximum absolute atomic E-state index is 13.8. The SMILES string of the molecule is CNC(C)c1cnn(Cc2c(F)ccc(Br)c2F)c1. The molecule has 0 radical (unpaired) electrons. The summed E-state index contributed by atoms with van der Waals surface area (Å²) in [7, 11) is 1.84. The van der Waals surface area contributed by atoms with E-state index in [9.17, 15) is 8.78 Å². The lowest BCUT2D eigenvalue weighted by molar-refractivity contribution is 0.529. The second-order valence-electron chi connectivity index (χ2n) is 4.30. The number of nitrogens with zero attached hydrogens (tertiary/aromatic N) is 2. The van der Waals surface area contributed by atoms with Crippen LogP contribution in [0.4, 0.5) is 8.78 Å². The quantitative estimate of drug-likeness (QED) is 0.872. The molecule has 1 unspecified atom stereocenters. The first-order valence-electron chi connectivity index (χ1n) is 5.85. The van der Waals surface area contributed by atoms with Crippen molar-refractivity contribution in [3.8, 4) is 0 Å². The predicted molar refractivity (Wildman–Crippen MR) is 72.9 cm³/mol. The molecule has 19 heavy (non-hydrogen) atoms. The van der Waals surface area contributed by atoms with E-state index < -0.39 is 11.6 Å². The highest BCUT2D eigenvalue weighted by molar-refractivity contribution is 9.10. The van der Waals surface area contributed by atoms with Crippen molar-refractivity contribution < 1.29 is 8.78 Å². The molecule has 0 saturated carbocycles. The van der Waals surface area contributed by atoms with Crippen LogP contribution in [0.3, 0.4) is 0 Å². The molecule has 0 amide bonds. The molecule has 3 nitrogen and oxygen atoms in total. The molecular formula is C13H14BrF2N3. The summed E-state index contributed by atoms with van der Waals surface area (Å²) in [5.41, 5.74) is 0.972. The Balaban J connectivity index is 2.27. The third-order valence-electron chi connectivity index (χ3n) is 3.05. The summed E-state index contributed by atoms with van der Waals surface area (Å²) in [5, 5.41) is 7.20. The molecule has 0 aliphatic carbocycles. The smallest absolute Gasteiger partial charge is 0.145 e. The van der Waals surface area contributed by atoms with E-state index in [0.29, 0.717) is 0 Å².